The molecule has 0 saturated heterocycles. The quantitative estimate of drug-likeness (QED) is 0.539. The third-order valence-electron chi connectivity index (χ3n) is 4.06. The van der Waals surface area contributed by atoms with Gasteiger partial charge in [0.25, 0.3) is 0 Å². The minimum Gasteiger partial charge on any atom is -0.356 e. The first-order chi connectivity index (χ1) is 13.0. The molecule has 2 N–H and O–H groups in total. The number of nitrogens with one attached hydrogen (secondary N) is 2. The molecule has 0 aliphatic rings. The van der Waals surface area contributed by atoms with Crippen LogP contribution in [0.3, 0.4) is 0 Å². The van der Waals surface area contributed by atoms with E-state index in [0.717, 1.165) is 18.0 Å². The van der Waals surface area contributed by atoms with Gasteiger partial charge in [0.1, 0.15) is 6.54 Å². The Bertz CT molecular complexity index is 742. The smallest absolute Gasteiger partial charge is 0.243 e. The van der Waals surface area contributed by atoms with Gasteiger partial charge in [-0.15, -0.1) is 11.3 Å². The maximum atomic E-state index is 11.9. The van der Waals surface area contributed by atoms with Crippen molar-refractivity contribution in [2.75, 3.05) is 33.7 Å². The van der Waals surface area contributed by atoms with Crippen molar-refractivity contribution < 1.29 is 4.79 Å². The van der Waals surface area contributed by atoms with E-state index in [4.69, 9.17) is 0 Å². The minimum absolute atomic E-state index is 0.0252. The summed E-state index contributed by atoms with van der Waals surface area (Å²) in [5, 5.41) is 7.77. The van der Waals surface area contributed by atoms with E-state index in [2.05, 4.69) is 46.6 Å². The van der Waals surface area contributed by atoms with Crippen LogP contribution in [0.1, 0.15) is 28.3 Å². The van der Waals surface area contributed by atoms with Gasteiger partial charge in [0.15, 0.2) is 5.96 Å². The molecular formula is C20H29N5OS. The Morgan fingerprint density at radius 2 is 2.00 bits per heavy atom. The second kappa shape index (κ2) is 10.7. The molecular weight excluding hydrogens is 358 g/mol. The normalized spacial score (nSPS) is 12.5. The van der Waals surface area contributed by atoms with E-state index >= 15 is 0 Å². The summed E-state index contributed by atoms with van der Waals surface area (Å²) in [4.78, 5) is 23.5. The summed E-state index contributed by atoms with van der Waals surface area (Å²) in [7, 11) is 3.47. The topological polar surface area (TPSA) is 69.6 Å². The van der Waals surface area contributed by atoms with E-state index in [1.807, 2.05) is 24.4 Å². The molecule has 2 aromatic rings. The molecule has 146 valence electrons. The number of likely N-dealkylation sites (N-methyl/N-ethyl adjacent to an activating group) is 1. The van der Waals surface area contributed by atoms with Gasteiger partial charge in [0, 0.05) is 44.2 Å². The van der Waals surface area contributed by atoms with Crippen LogP contribution in [-0.4, -0.2) is 55.5 Å². The monoisotopic (exact) mass is 387 g/mol. The lowest BCUT2D eigenvalue weighted by atomic mass is 10.1. The lowest BCUT2D eigenvalue weighted by molar-refractivity contribution is -0.127. The Kier molecular flexibility index (Phi) is 8.26. The molecule has 2 rings (SSSR count). The van der Waals surface area contributed by atoms with Crippen molar-refractivity contribution >= 4 is 23.2 Å². The molecule has 0 fully saturated rings. The van der Waals surface area contributed by atoms with Gasteiger partial charge in [-0.05, 0) is 18.9 Å². The van der Waals surface area contributed by atoms with Crippen molar-refractivity contribution in [2.45, 2.75) is 26.2 Å². The largest absolute Gasteiger partial charge is 0.356 e. The molecule has 0 saturated carbocycles. The molecule has 0 radical (unpaired) electrons. The molecule has 1 amide bonds. The molecule has 1 aromatic heterocycles. The van der Waals surface area contributed by atoms with Gasteiger partial charge in [-0.1, -0.05) is 37.3 Å². The number of thiazole rings is 1. The lowest BCUT2D eigenvalue weighted by Gasteiger charge is -2.16. The Morgan fingerprint density at radius 3 is 2.63 bits per heavy atom. The Balaban J connectivity index is 1.91. The van der Waals surface area contributed by atoms with Crippen LogP contribution in [-0.2, 0) is 11.2 Å². The summed E-state index contributed by atoms with van der Waals surface area (Å²) >= 11 is 1.71. The van der Waals surface area contributed by atoms with Crippen LogP contribution in [0.2, 0.25) is 0 Å². The van der Waals surface area contributed by atoms with E-state index in [9.17, 15) is 4.79 Å². The van der Waals surface area contributed by atoms with Gasteiger partial charge < -0.3 is 15.5 Å². The van der Waals surface area contributed by atoms with Crippen LogP contribution in [0.5, 0.6) is 0 Å². The van der Waals surface area contributed by atoms with Gasteiger partial charge in [-0.2, -0.15) is 0 Å². The molecule has 1 unspecified atom stereocenters. The number of rotatable bonds is 8. The number of carbonyl (C=O) groups excluding carboxylic acids is 1. The van der Waals surface area contributed by atoms with Gasteiger partial charge in [-0.25, -0.2) is 9.98 Å². The Hall–Kier alpha value is -2.41. The van der Waals surface area contributed by atoms with Gasteiger partial charge in [0.2, 0.25) is 5.91 Å². The summed E-state index contributed by atoms with van der Waals surface area (Å²) in [5.41, 5.74) is 1.26. The number of benzene rings is 1. The second-order valence-electron chi connectivity index (χ2n) is 6.71. The van der Waals surface area contributed by atoms with Gasteiger partial charge in [0.05, 0.1) is 5.01 Å². The van der Waals surface area contributed by atoms with Crippen LogP contribution in [0.15, 0.2) is 41.5 Å². The van der Waals surface area contributed by atoms with E-state index < -0.39 is 0 Å². The van der Waals surface area contributed by atoms with Crippen molar-refractivity contribution in [1.82, 2.24) is 20.5 Å². The van der Waals surface area contributed by atoms with Gasteiger partial charge >= 0.3 is 0 Å². The van der Waals surface area contributed by atoms with Crippen molar-refractivity contribution in [3.05, 3.63) is 52.0 Å². The lowest BCUT2D eigenvalue weighted by Crippen LogP contribution is -2.41. The van der Waals surface area contributed by atoms with Crippen molar-refractivity contribution in [3.63, 3.8) is 0 Å². The third kappa shape index (κ3) is 7.38. The number of hydrogen-bond donors (Lipinski definition) is 2. The number of carbonyl (C=O) groups is 1. The van der Waals surface area contributed by atoms with E-state index in [1.165, 1.54) is 10.4 Å². The maximum Gasteiger partial charge on any atom is 0.243 e. The summed E-state index contributed by atoms with van der Waals surface area (Å²) in [5.74, 6) is 0.901. The first-order valence-corrected chi connectivity index (χ1v) is 9.96. The molecule has 1 atom stereocenters. The number of nitrogens with zero attached hydrogens (tertiary/aromatic N) is 3. The highest BCUT2D eigenvalue weighted by Gasteiger charge is 2.11. The van der Waals surface area contributed by atoms with Crippen molar-refractivity contribution in [1.29, 1.82) is 0 Å². The third-order valence-corrected chi connectivity index (χ3v) is 5.20. The van der Waals surface area contributed by atoms with Crippen molar-refractivity contribution in [3.8, 4) is 0 Å². The average Bonchev–Trinajstić information content (AvgIpc) is 3.10. The van der Waals surface area contributed by atoms with Gasteiger partial charge in [-0.3, -0.25) is 4.79 Å². The molecule has 0 aliphatic carbocycles. The highest BCUT2D eigenvalue weighted by atomic mass is 32.1. The van der Waals surface area contributed by atoms with Crippen molar-refractivity contribution in [2.24, 2.45) is 4.99 Å². The fourth-order valence-corrected chi connectivity index (χ4v) is 3.19. The van der Waals surface area contributed by atoms with Crippen LogP contribution in [0.25, 0.3) is 0 Å². The maximum absolute atomic E-state index is 11.9. The van der Waals surface area contributed by atoms with E-state index in [-0.39, 0.29) is 18.4 Å². The molecule has 0 bridgehead atoms. The average molecular weight is 388 g/mol. The summed E-state index contributed by atoms with van der Waals surface area (Å²) in [6, 6.07) is 10.3. The standard InChI is InChI=1S/C20H29N5OS/c1-15(19-22-13-16(2)27-19)12-23-20(24-14-18(26)25(3)4)21-11-10-17-8-6-5-7-9-17/h5-9,13,15H,10-12,14H2,1-4H3,(H2,21,23,24). The van der Waals surface area contributed by atoms with Crippen LogP contribution in [0.4, 0.5) is 0 Å². The number of aryl methyl sites for hydroxylation is 1. The predicted octanol–water partition coefficient (Wildman–Crippen LogP) is 2.42. The number of hydrogen-bond acceptors (Lipinski definition) is 4. The second-order valence-corrected chi connectivity index (χ2v) is 7.97. The summed E-state index contributed by atoms with van der Waals surface area (Å²) < 4.78 is 0. The molecule has 0 spiro atoms. The molecule has 1 heterocycles. The number of aromatic nitrogens is 1. The molecule has 1 aromatic carbocycles. The van der Waals surface area contributed by atoms with Crippen LogP contribution >= 0.6 is 11.3 Å². The fraction of sp³-hybridized carbons (Fsp3) is 0.450. The number of guanidine groups is 1. The molecule has 6 nitrogen and oxygen atoms in total. The first kappa shape index (κ1) is 20.9. The highest BCUT2D eigenvalue weighted by Crippen LogP contribution is 2.20. The van der Waals surface area contributed by atoms with Crippen LogP contribution in [0, 0.1) is 6.92 Å². The zero-order chi connectivity index (χ0) is 19.6. The summed E-state index contributed by atoms with van der Waals surface area (Å²) in [6.45, 7) is 5.78. The zero-order valence-corrected chi connectivity index (χ0v) is 17.3. The number of aliphatic imine (C=N–C) groups is 1. The summed E-state index contributed by atoms with van der Waals surface area (Å²) in [6.07, 6.45) is 2.80. The Labute approximate surface area is 165 Å². The first-order valence-electron chi connectivity index (χ1n) is 9.14. The predicted molar refractivity (Wildman–Crippen MR) is 112 cm³/mol. The zero-order valence-electron chi connectivity index (χ0n) is 16.5. The SMILES string of the molecule is Cc1cnc(C(C)CNC(=NCC(=O)N(C)C)NCCc2ccccc2)s1. The van der Waals surface area contributed by atoms with E-state index in [1.54, 1.807) is 30.3 Å². The molecule has 7 heteroatoms. The fourth-order valence-electron chi connectivity index (χ4n) is 2.37. The Morgan fingerprint density at radius 1 is 1.26 bits per heavy atom. The highest BCUT2D eigenvalue weighted by molar-refractivity contribution is 7.11. The van der Waals surface area contributed by atoms with Crippen LogP contribution < -0.4 is 10.6 Å². The minimum atomic E-state index is -0.0252. The molecule has 0 aliphatic heterocycles. The van der Waals surface area contributed by atoms with E-state index in [0.29, 0.717) is 12.5 Å². The number of amides is 1. The molecule has 27 heavy (non-hydrogen) atoms.